The summed E-state index contributed by atoms with van der Waals surface area (Å²) in [7, 11) is 1.30. The quantitative estimate of drug-likeness (QED) is 0.417. The molecular weight excluding hydrogens is 365 g/mol. The molecule has 5 heteroatoms. The molecule has 0 fully saturated rings. The molecule has 2 nitrogen and oxygen atoms in total. The Morgan fingerprint density at radius 1 is 1.21 bits per heavy atom. The lowest BCUT2D eigenvalue weighted by Crippen LogP contribution is -2.47. The summed E-state index contributed by atoms with van der Waals surface area (Å²) in [5.41, 5.74) is 2.42. The number of aryl methyl sites for hydroxylation is 1. The van der Waals surface area contributed by atoms with Crippen LogP contribution in [0.25, 0.3) is 6.08 Å². The summed E-state index contributed by atoms with van der Waals surface area (Å²) < 4.78 is 46.2. The minimum absolute atomic E-state index is 0.00324. The molecule has 0 aromatic heterocycles. The number of ether oxygens (including phenoxy) is 1. The summed E-state index contributed by atoms with van der Waals surface area (Å²) in [6.07, 6.45) is 1.64. The molecule has 28 heavy (non-hydrogen) atoms. The number of aliphatic hydroxyl groups is 1. The van der Waals surface area contributed by atoms with E-state index in [0.717, 1.165) is 6.42 Å². The number of alkyl halides is 3. The minimum Gasteiger partial charge on any atom is -0.496 e. The Labute approximate surface area is 166 Å². The maximum atomic E-state index is 13.7. The van der Waals surface area contributed by atoms with Crippen molar-refractivity contribution in [3.8, 4) is 5.75 Å². The molecular formula is C23H31F3O2. The monoisotopic (exact) mass is 396 g/mol. The van der Waals surface area contributed by atoms with Crippen molar-refractivity contribution < 1.29 is 23.0 Å². The molecule has 0 saturated heterocycles. The molecule has 0 bridgehead atoms. The van der Waals surface area contributed by atoms with Crippen LogP contribution in [-0.4, -0.2) is 18.4 Å². The van der Waals surface area contributed by atoms with Gasteiger partial charge in [-0.2, -0.15) is 13.2 Å². The molecule has 0 heterocycles. The molecule has 0 aliphatic carbocycles. The number of halogens is 3. The Balaban J connectivity index is 3.38. The lowest BCUT2D eigenvalue weighted by Gasteiger charge is -2.35. The van der Waals surface area contributed by atoms with Gasteiger partial charge < -0.3 is 9.84 Å². The van der Waals surface area contributed by atoms with Crippen LogP contribution in [0.5, 0.6) is 5.75 Å². The van der Waals surface area contributed by atoms with Crippen LogP contribution in [0.4, 0.5) is 13.2 Å². The Morgan fingerprint density at radius 2 is 1.82 bits per heavy atom. The van der Waals surface area contributed by atoms with Crippen molar-refractivity contribution in [2.24, 2.45) is 11.8 Å². The van der Waals surface area contributed by atoms with E-state index in [1.54, 1.807) is 13.0 Å². The Kier molecular flexibility index (Phi) is 8.16. The van der Waals surface area contributed by atoms with Crippen molar-refractivity contribution in [2.45, 2.75) is 59.7 Å². The minimum atomic E-state index is -4.82. The van der Waals surface area contributed by atoms with Crippen molar-refractivity contribution >= 4 is 6.08 Å². The number of allylic oxidation sites excluding steroid dienone is 3. The predicted octanol–water partition coefficient (Wildman–Crippen LogP) is 6.57. The molecule has 0 saturated carbocycles. The molecule has 1 aromatic rings. The Hall–Kier alpha value is -1.97. The number of hydrogen-bond donors (Lipinski definition) is 1. The van der Waals surface area contributed by atoms with Gasteiger partial charge in [-0.15, -0.1) is 5.73 Å². The average Bonchev–Trinajstić information content (AvgIpc) is 2.60. The van der Waals surface area contributed by atoms with Crippen molar-refractivity contribution in [2.75, 3.05) is 7.11 Å². The number of rotatable bonds is 7. The third kappa shape index (κ3) is 5.09. The third-order valence-electron chi connectivity index (χ3n) is 5.07. The Morgan fingerprint density at radius 3 is 2.25 bits per heavy atom. The highest BCUT2D eigenvalue weighted by atomic mass is 19.4. The van der Waals surface area contributed by atoms with E-state index in [1.807, 2.05) is 13.0 Å². The van der Waals surface area contributed by atoms with Crippen LogP contribution in [-0.2, 0) is 5.60 Å². The van der Waals surface area contributed by atoms with Gasteiger partial charge >= 0.3 is 6.18 Å². The molecule has 0 aliphatic rings. The van der Waals surface area contributed by atoms with Gasteiger partial charge in [-0.05, 0) is 67.5 Å². The van der Waals surface area contributed by atoms with E-state index in [-0.39, 0.29) is 11.3 Å². The smallest absolute Gasteiger partial charge is 0.421 e. The summed E-state index contributed by atoms with van der Waals surface area (Å²) in [6, 6.07) is 2.87. The fourth-order valence-corrected chi connectivity index (χ4v) is 3.13. The van der Waals surface area contributed by atoms with Gasteiger partial charge in [0.15, 0.2) is 5.60 Å². The zero-order valence-corrected chi connectivity index (χ0v) is 17.7. The summed E-state index contributed by atoms with van der Waals surface area (Å²) in [5.74, 6) is -0.624. The largest absolute Gasteiger partial charge is 0.496 e. The van der Waals surface area contributed by atoms with Gasteiger partial charge in [-0.25, -0.2) is 0 Å². The predicted molar refractivity (Wildman–Crippen MR) is 108 cm³/mol. The second-order valence-electron chi connectivity index (χ2n) is 7.57. The number of benzene rings is 1. The molecule has 1 aromatic carbocycles. The molecule has 0 spiro atoms. The van der Waals surface area contributed by atoms with Gasteiger partial charge in [0.1, 0.15) is 5.75 Å². The number of methoxy groups -OCH3 is 1. The van der Waals surface area contributed by atoms with Crippen LogP contribution in [0.1, 0.15) is 57.7 Å². The molecule has 1 unspecified atom stereocenters. The maximum absolute atomic E-state index is 13.7. The third-order valence-corrected chi connectivity index (χ3v) is 5.07. The van der Waals surface area contributed by atoms with Crippen LogP contribution in [0.15, 0.2) is 35.6 Å². The molecule has 1 rings (SSSR count). The lowest BCUT2D eigenvalue weighted by molar-refractivity contribution is -0.283. The fourth-order valence-electron chi connectivity index (χ4n) is 3.13. The molecule has 156 valence electrons. The molecule has 0 radical (unpaired) electrons. The van der Waals surface area contributed by atoms with Crippen LogP contribution in [0.3, 0.4) is 0 Å². The van der Waals surface area contributed by atoms with E-state index in [9.17, 15) is 18.3 Å². The first-order valence-electron chi connectivity index (χ1n) is 9.44. The highest BCUT2D eigenvalue weighted by molar-refractivity contribution is 5.59. The summed E-state index contributed by atoms with van der Waals surface area (Å²) in [4.78, 5) is 0. The van der Waals surface area contributed by atoms with E-state index in [1.165, 1.54) is 38.7 Å². The second-order valence-corrected chi connectivity index (χ2v) is 7.57. The normalized spacial score (nSPS) is 14.7. The topological polar surface area (TPSA) is 29.5 Å². The molecule has 0 amide bonds. The summed E-state index contributed by atoms with van der Waals surface area (Å²) in [6.45, 7) is 10.6. The first-order valence-corrected chi connectivity index (χ1v) is 9.44. The van der Waals surface area contributed by atoms with Gasteiger partial charge in [-0.1, -0.05) is 39.3 Å². The lowest BCUT2D eigenvalue weighted by atomic mass is 9.81. The van der Waals surface area contributed by atoms with Crippen molar-refractivity contribution in [3.05, 3.63) is 52.3 Å². The van der Waals surface area contributed by atoms with E-state index < -0.39 is 17.7 Å². The van der Waals surface area contributed by atoms with Crippen LogP contribution >= 0.6 is 0 Å². The van der Waals surface area contributed by atoms with E-state index in [0.29, 0.717) is 17.0 Å². The van der Waals surface area contributed by atoms with Crippen molar-refractivity contribution in [1.82, 2.24) is 0 Å². The van der Waals surface area contributed by atoms with Gasteiger partial charge in [0.2, 0.25) is 0 Å². The van der Waals surface area contributed by atoms with Gasteiger partial charge in [-0.3, -0.25) is 0 Å². The Bertz CT molecular complexity index is 767. The van der Waals surface area contributed by atoms with Crippen LogP contribution in [0, 0.1) is 18.8 Å². The highest BCUT2D eigenvalue weighted by Gasteiger charge is 2.58. The zero-order chi connectivity index (χ0) is 21.7. The summed E-state index contributed by atoms with van der Waals surface area (Å²) >= 11 is 0. The van der Waals surface area contributed by atoms with Crippen molar-refractivity contribution in [3.63, 3.8) is 0 Å². The first kappa shape index (κ1) is 24.1. The first-order chi connectivity index (χ1) is 12.9. The SMILES string of the molecule is C/C=C(/CC=C=Cc1cc(OC)c(C(O)(C(C)C)C(F)(F)F)cc1C)C(C)C. The van der Waals surface area contributed by atoms with Crippen LogP contribution < -0.4 is 4.74 Å². The standard InChI is InChI=1S/C23H31F3O2/c1-8-18(15(2)3)11-9-10-12-19-14-21(28-7)20(13-17(19)6)22(27,16(4)5)23(24,25)26/h8-9,12-16,27H,11H2,1-7H3/b18-8-. The average molecular weight is 396 g/mol. The van der Waals surface area contributed by atoms with Gasteiger partial charge in [0.25, 0.3) is 0 Å². The maximum Gasteiger partial charge on any atom is 0.421 e. The second kappa shape index (κ2) is 9.49. The van der Waals surface area contributed by atoms with E-state index >= 15 is 0 Å². The zero-order valence-electron chi connectivity index (χ0n) is 17.7. The molecule has 1 atom stereocenters. The van der Waals surface area contributed by atoms with Gasteiger partial charge in [0, 0.05) is 5.56 Å². The van der Waals surface area contributed by atoms with E-state index in [4.69, 9.17) is 4.74 Å². The molecule has 1 N–H and O–H groups in total. The van der Waals surface area contributed by atoms with E-state index in [2.05, 4.69) is 25.7 Å². The fraction of sp³-hybridized carbons (Fsp3) is 0.522. The van der Waals surface area contributed by atoms with Gasteiger partial charge in [0.05, 0.1) is 7.11 Å². The molecule has 0 aliphatic heterocycles. The van der Waals surface area contributed by atoms with Crippen molar-refractivity contribution in [1.29, 1.82) is 0 Å². The highest BCUT2D eigenvalue weighted by Crippen LogP contribution is 2.48. The summed E-state index contributed by atoms with van der Waals surface area (Å²) in [5, 5.41) is 10.5. The number of hydrogen-bond acceptors (Lipinski definition) is 2. The van der Waals surface area contributed by atoms with Crippen LogP contribution in [0.2, 0.25) is 0 Å².